The van der Waals surface area contributed by atoms with Gasteiger partial charge in [0.1, 0.15) is 13.2 Å². The largest absolute Gasteiger partial charge is 0.411 e. The standard InChI is InChI=1S/C16H21F3N2O3/c1-2-3-8-20-15(23)13-6-4-12(5-7-13)9-21-14(22)10-24-11-16(17,18)19/h4-7H,2-3,8-11H2,1H3,(H,20,23)(H,21,22). The highest BCUT2D eigenvalue weighted by Crippen LogP contribution is 2.14. The Kier molecular flexibility index (Phi) is 8.25. The van der Waals surface area contributed by atoms with Gasteiger partial charge in [-0.2, -0.15) is 13.2 Å². The number of carbonyl (C=O) groups is 2. The summed E-state index contributed by atoms with van der Waals surface area (Å²) in [5.74, 6) is -0.805. The number of halogens is 3. The highest BCUT2D eigenvalue weighted by molar-refractivity contribution is 5.94. The molecule has 0 spiro atoms. The van der Waals surface area contributed by atoms with Gasteiger partial charge in [-0.1, -0.05) is 25.5 Å². The molecule has 0 atom stereocenters. The van der Waals surface area contributed by atoms with Crippen molar-refractivity contribution in [1.29, 1.82) is 0 Å². The number of hydrogen-bond acceptors (Lipinski definition) is 3. The van der Waals surface area contributed by atoms with Gasteiger partial charge in [0.15, 0.2) is 0 Å². The normalized spacial score (nSPS) is 11.2. The second-order valence-corrected chi connectivity index (χ2v) is 5.19. The number of nitrogens with one attached hydrogen (secondary N) is 2. The summed E-state index contributed by atoms with van der Waals surface area (Å²) >= 11 is 0. The van der Waals surface area contributed by atoms with E-state index in [1.165, 1.54) is 0 Å². The van der Waals surface area contributed by atoms with Crippen LogP contribution in [0.15, 0.2) is 24.3 Å². The van der Waals surface area contributed by atoms with Crippen molar-refractivity contribution in [3.8, 4) is 0 Å². The van der Waals surface area contributed by atoms with Crippen molar-refractivity contribution in [3.05, 3.63) is 35.4 Å². The van der Waals surface area contributed by atoms with E-state index in [4.69, 9.17) is 0 Å². The van der Waals surface area contributed by atoms with Crippen molar-refractivity contribution in [1.82, 2.24) is 10.6 Å². The average molecular weight is 346 g/mol. The molecule has 0 aliphatic carbocycles. The van der Waals surface area contributed by atoms with Gasteiger partial charge in [0.2, 0.25) is 5.91 Å². The lowest BCUT2D eigenvalue weighted by atomic mass is 10.1. The molecule has 1 rings (SSSR count). The Bertz CT molecular complexity index is 530. The summed E-state index contributed by atoms with van der Waals surface area (Å²) in [6, 6.07) is 6.60. The van der Waals surface area contributed by atoms with Gasteiger partial charge in [0.05, 0.1) is 0 Å². The molecule has 0 aliphatic heterocycles. The minimum atomic E-state index is -4.45. The quantitative estimate of drug-likeness (QED) is 0.675. The minimum Gasteiger partial charge on any atom is -0.362 e. The monoisotopic (exact) mass is 346 g/mol. The van der Waals surface area contributed by atoms with Crippen molar-refractivity contribution in [2.75, 3.05) is 19.8 Å². The zero-order valence-electron chi connectivity index (χ0n) is 13.4. The predicted molar refractivity (Wildman–Crippen MR) is 82.4 cm³/mol. The first-order valence-electron chi connectivity index (χ1n) is 7.60. The van der Waals surface area contributed by atoms with Crippen molar-refractivity contribution < 1.29 is 27.5 Å². The van der Waals surface area contributed by atoms with E-state index in [-0.39, 0.29) is 12.5 Å². The van der Waals surface area contributed by atoms with Gasteiger partial charge in [0, 0.05) is 18.7 Å². The van der Waals surface area contributed by atoms with Crippen molar-refractivity contribution in [2.24, 2.45) is 0 Å². The Labute approximate surface area is 138 Å². The maximum atomic E-state index is 11.9. The molecule has 0 bridgehead atoms. The molecule has 8 heteroatoms. The van der Waals surface area contributed by atoms with Crippen LogP contribution in [-0.2, 0) is 16.1 Å². The Morgan fingerprint density at radius 3 is 2.38 bits per heavy atom. The maximum absolute atomic E-state index is 11.9. The lowest BCUT2D eigenvalue weighted by molar-refractivity contribution is -0.175. The zero-order chi connectivity index (χ0) is 18.0. The summed E-state index contributed by atoms with van der Waals surface area (Å²) < 4.78 is 39.9. The van der Waals surface area contributed by atoms with Crippen LogP contribution in [0.2, 0.25) is 0 Å². The van der Waals surface area contributed by atoms with Gasteiger partial charge >= 0.3 is 6.18 Å². The molecule has 0 radical (unpaired) electrons. The molecule has 0 saturated carbocycles. The molecular weight excluding hydrogens is 325 g/mol. The summed E-state index contributed by atoms with van der Waals surface area (Å²) in [7, 11) is 0. The van der Waals surface area contributed by atoms with E-state index in [2.05, 4.69) is 15.4 Å². The molecule has 0 aliphatic rings. The van der Waals surface area contributed by atoms with Crippen LogP contribution >= 0.6 is 0 Å². The molecule has 5 nitrogen and oxygen atoms in total. The topological polar surface area (TPSA) is 67.4 Å². The molecule has 0 heterocycles. The lowest BCUT2D eigenvalue weighted by Crippen LogP contribution is -2.29. The van der Waals surface area contributed by atoms with Crippen LogP contribution in [0.25, 0.3) is 0 Å². The van der Waals surface area contributed by atoms with Gasteiger partial charge in [-0.05, 0) is 24.1 Å². The fraction of sp³-hybridized carbons (Fsp3) is 0.500. The van der Waals surface area contributed by atoms with Crippen LogP contribution < -0.4 is 10.6 Å². The molecule has 1 aromatic carbocycles. The van der Waals surface area contributed by atoms with Crippen LogP contribution in [0, 0.1) is 0 Å². The number of amides is 2. The van der Waals surface area contributed by atoms with Gasteiger partial charge in [-0.25, -0.2) is 0 Å². The van der Waals surface area contributed by atoms with Crippen LogP contribution in [0.1, 0.15) is 35.7 Å². The van der Waals surface area contributed by atoms with Crippen molar-refractivity contribution >= 4 is 11.8 Å². The molecule has 0 fully saturated rings. The molecule has 1 aromatic rings. The Morgan fingerprint density at radius 2 is 1.79 bits per heavy atom. The number of benzene rings is 1. The molecule has 134 valence electrons. The van der Waals surface area contributed by atoms with E-state index < -0.39 is 25.3 Å². The summed E-state index contributed by atoms with van der Waals surface area (Å²) in [5.41, 5.74) is 1.24. The van der Waals surface area contributed by atoms with Gasteiger partial charge in [-0.15, -0.1) is 0 Å². The first kappa shape index (κ1) is 20.0. The Balaban J connectivity index is 2.33. The smallest absolute Gasteiger partial charge is 0.362 e. The molecule has 24 heavy (non-hydrogen) atoms. The average Bonchev–Trinajstić information content (AvgIpc) is 2.52. The molecule has 0 aromatic heterocycles. The first-order valence-corrected chi connectivity index (χ1v) is 7.60. The summed E-state index contributed by atoms with van der Waals surface area (Å²) in [4.78, 5) is 23.2. The second kappa shape index (κ2) is 9.92. The summed E-state index contributed by atoms with van der Waals surface area (Å²) in [6.45, 7) is 0.681. The number of unbranched alkanes of at least 4 members (excludes halogenated alkanes) is 1. The third-order valence-corrected chi connectivity index (χ3v) is 3.02. The second-order valence-electron chi connectivity index (χ2n) is 5.19. The zero-order valence-corrected chi connectivity index (χ0v) is 13.4. The van der Waals surface area contributed by atoms with Crippen LogP contribution in [0.5, 0.6) is 0 Å². The minimum absolute atomic E-state index is 0.145. The molecule has 0 unspecified atom stereocenters. The highest BCUT2D eigenvalue weighted by atomic mass is 19.4. The number of alkyl halides is 3. The van der Waals surface area contributed by atoms with Gasteiger partial charge < -0.3 is 15.4 Å². The Morgan fingerprint density at radius 1 is 1.12 bits per heavy atom. The van der Waals surface area contributed by atoms with E-state index in [1.54, 1.807) is 24.3 Å². The van der Waals surface area contributed by atoms with Crippen molar-refractivity contribution in [2.45, 2.75) is 32.5 Å². The van der Waals surface area contributed by atoms with Crippen LogP contribution in [0.3, 0.4) is 0 Å². The third kappa shape index (κ3) is 8.52. The fourth-order valence-electron chi connectivity index (χ4n) is 1.77. The van der Waals surface area contributed by atoms with Gasteiger partial charge in [0.25, 0.3) is 5.91 Å². The molecule has 2 N–H and O–H groups in total. The number of ether oxygens (including phenoxy) is 1. The number of carbonyl (C=O) groups excluding carboxylic acids is 2. The highest BCUT2D eigenvalue weighted by Gasteiger charge is 2.27. The molecule has 2 amide bonds. The number of rotatable bonds is 9. The Hall–Kier alpha value is -2.09. The first-order chi connectivity index (χ1) is 11.3. The van der Waals surface area contributed by atoms with E-state index in [1.807, 2.05) is 6.92 Å². The molecular formula is C16H21F3N2O3. The van der Waals surface area contributed by atoms with E-state index in [0.717, 1.165) is 18.4 Å². The summed E-state index contributed by atoms with van der Waals surface area (Å²) in [6.07, 6.45) is -2.55. The van der Waals surface area contributed by atoms with Gasteiger partial charge in [-0.3, -0.25) is 9.59 Å². The lowest BCUT2D eigenvalue weighted by Gasteiger charge is -2.09. The predicted octanol–water partition coefficient (Wildman–Crippen LogP) is 2.41. The molecule has 0 saturated heterocycles. The fourth-order valence-corrected chi connectivity index (χ4v) is 1.77. The van der Waals surface area contributed by atoms with Crippen LogP contribution in [-0.4, -0.2) is 37.7 Å². The van der Waals surface area contributed by atoms with E-state index >= 15 is 0 Å². The van der Waals surface area contributed by atoms with Crippen LogP contribution in [0.4, 0.5) is 13.2 Å². The number of hydrogen-bond donors (Lipinski definition) is 2. The third-order valence-electron chi connectivity index (χ3n) is 3.02. The van der Waals surface area contributed by atoms with E-state index in [9.17, 15) is 22.8 Å². The van der Waals surface area contributed by atoms with Crippen molar-refractivity contribution in [3.63, 3.8) is 0 Å². The van der Waals surface area contributed by atoms with E-state index in [0.29, 0.717) is 12.1 Å². The SMILES string of the molecule is CCCCNC(=O)c1ccc(CNC(=O)COCC(F)(F)F)cc1. The summed E-state index contributed by atoms with van der Waals surface area (Å²) in [5, 5.41) is 5.23. The maximum Gasteiger partial charge on any atom is 0.411 e.